The van der Waals surface area contributed by atoms with Gasteiger partial charge in [0.1, 0.15) is 16.7 Å². The van der Waals surface area contributed by atoms with Crippen molar-refractivity contribution in [1.29, 1.82) is 0 Å². The number of hydrogen-bond donors (Lipinski definition) is 1. The summed E-state index contributed by atoms with van der Waals surface area (Å²) in [6, 6.07) is 8.82. The third kappa shape index (κ3) is 7.71. The van der Waals surface area contributed by atoms with Crippen LogP contribution in [0, 0.1) is 12.3 Å². The maximum atomic E-state index is 13.6. The van der Waals surface area contributed by atoms with Crippen molar-refractivity contribution in [3.8, 4) is 0 Å². The van der Waals surface area contributed by atoms with Gasteiger partial charge in [0.25, 0.3) is 5.56 Å². The van der Waals surface area contributed by atoms with E-state index in [2.05, 4.69) is 26.8 Å². The first-order chi connectivity index (χ1) is 21.9. The van der Waals surface area contributed by atoms with Crippen LogP contribution >= 0.6 is 23.4 Å². The fourth-order valence-electron chi connectivity index (χ4n) is 5.65. The molecule has 0 spiro atoms. The first-order valence-electron chi connectivity index (χ1n) is 14.9. The van der Waals surface area contributed by atoms with Crippen molar-refractivity contribution in [1.82, 2.24) is 24.4 Å². The Balaban J connectivity index is 1.31. The molecule has 4 aromatic rings. The Hall–Kier alpha value is -3.75. The molecule has 250 valence electrons. The van der Waals surface area contributed by atoms with Crippen LogP contribution in [0.3, 0.4) is 0 Å². The zero-order valence-corrected chi connectivity index (χ0v) is 29.1. The number of aryl methyl sites for hydroxylation is 1. The summed E-state index contributed by atoms with van der Waals surface area (Å²) >= 11 is 8.03. The van der Waals surface area contributed by atoms with Gasteiger partial charge in [0, 0.05) is 30.1 Å². The molecule has 47 heavy (non-hydrogen) atoms. The van der Waals surface area contributed by atoms with Gasteiger partial charge < -0.3 is 14.9 Å². The number of carboxylic acid groups (broad SMARTS) is 1. The van der Waals surface area contributed by atoms with Gasteiger partial charge in [-0.05, 0) is 75.8 Å². The van der Waals surface area contributed by atoms with Gasteiger partial charge in [-0.2, -0.15) is 8.42 Å². The number of anilines is 1. The van der Waals surface area contributed by atoms with E-state index < -0.39 is 32.3 Å². The predicted octanol–water partition coefficient (Wildman–Crippen LogP) is 6.39. The molecule has 1 N–H and O–H groups in total. The Morgan fingerprint density at radius 1 is 1.15 bits per heavy atom. The first-order valence-corrected chi connectivity index (χ1v) is 17.5. The Morgan fingerprint density at radius 2 is 1.85 bits per heavy atom. The number of rotatable bonds is 8. The topological polar surface area (TPSA) is 139 Å². The molecule has 1 saturated heterocycles. The van der Waals surface area contributed by atoms with E-state index in [1.165, 1.54) is 33.4 Å². The van der Waals surface area contributed by atoms with Crippen LogP contribution in [0.15, 0.2) is 68.4 Å². The van der Waals surface area contributed by atoms with Gasteiger partial charge >= 0.3 is 16.3 Å². The summed E-state index contributed by atoms with van der Waals surface area (Å²) in [6.45, 7) is 11.4. The number of nitrogens with zero attached hydrogens (tertiary/aromatic N) is 6. The van der Waals surface area contributed by atoms with Gasteiger partial charge in [-0.1, -0.05) is 42.4 Å². The molecule has 3 heterocycles. The van der Waals surface area contributed by atoms with Gasteiger partial charge in [-0.3, -0.25) is 9.36 Å². The number of carbonyl (C=O) groups is 1. The molecule has 2 aromatic carbocycles. The van der Waals surface area contributed by atoms with E-state index in [1.54, 1.807) is 37.5 Å². The number of halogens is 2. The molecule has 0 saturated carbocycles. The third-order valence-electron chi connectivity index (χ3n) is 8.44. The van der Waals surface area contributed by atoms with Gasteiger partial charge in [0.15, 0.2) is 0 Å². The lowest BCUT2D eigenvalue weighted by Gasteiger charge is -2.45. The summed E-state index contributed by atoms with van der Waals surface area (Å²) in [5, 5.41) is 10.7. The Bertz CT molecular complexity index is 1990. The summed E-state index contributed by atoms with van der Waals surface area (Å²) in [4.78, 5) is 43.0. The SMILES string of the molecule is Cc1nc2ccc(Sc3cnc(N4CCC(C)(CN(C(=O)O)C(C)(C)C)CC4)cn3)c(Cl)c2c(=O)n1Cc1cccc(S(=O)(=O)F)c1. The molecule has 5 rings (SSSR count). The monoisotopic (exact) mass is 702 g/mol. The average Bonchev–Trinajstić information content (AvgIpc) is 2.99. The highest BCUT2D eigenvalue weighted by Gasteiger charge is 2.37. The molecule has 0 atom stereocenters. The highest BCUT2D eigenvalue weighted by atomic mass is 35.5. The van der Waals surface area contributed by atoms with E-state index in [0.29, 0.717) is 33.4 Å². The number of benzene rings is 2. The van der Waals surface area contributed by atoms with Crippen LogP contribution in [0.1, 0.15) is 51.9 Å². The standard InChI is InChI=1S/C32H36ClFN6O5S2/c1-20-37-23-9-10-24(28(33)27(23)29(41)39(20)18-21-7-6-8-22(15-21)47(34,44)45)46-26-17-35-25(16-36-26)38-13-11-32(5,12-14-38)19-40(30(42)43)31(2,3)4/h6-10,15-17H,11-14,18-19H2,1-5H3,(H,42,43). The normalized spacial score (nSPS) is 15.2. The lowest BCUT2D eigenvalue weighted by molar-refractivity contribution is 0.0593. The molecule has 1 aliphatic rings. The highest BCUT2D eigenvalue weighted by molar-refractivity contribution is 7.99. The Morgan fingerprint density at radius 3 is 2.45 bits per heavy atom. The van der Waals surface area contributed by atoms with Gasteiger partial charge in [0.2, 0.25) is 0 Å². The maximum absolute atomic E-state index is 13.6. The van der Waals surface area contributed by atoms with Crippen molar-refractivity contribution in [2.45, 2.75) is 74.4 Å². The van der Waals surface area contributed by atoms with Crippen LogP contribution in [0.5, 0.6) is 0 Å². The van der Waals surface area contributed by atoms with E-state index in [-0.39, 0.29) is 22.4 Å². The lowest BCUT2D eigenvalue weighted by atomic mass is 9.79. The van der Waals surface area contributed by atoms with E-state index in [4.69, 9.17) is 11.6 Å². The number of piperidine rings is 1. The predicted molar refractivity (Wildman–Crippen MR) is 180 cm³/mol. The van der Waals surface area contributed by atoms with Crippen molar-refractivity contribution >= 4 is 56.4 Å². The Labute approximate surface area is 282 Å². The quantitative estimate of drug-likeness (QED) is 0.206. The van der Waals surface area contributed by atoms with E-state index in [0.717, 1.165) is 37.8 Å². The molecule has 15 heteroatoms. The summed E-state index contributed by atoms with van der Waals surface area (Å²) in [5.74, 6) is 1.11. The maximum Gasteiger partial charge on any atom is 0.407 e. The first kappa shape index (κ1) is 34.6. The number of amides is 1. The number of fused-ring (bicyclic) bond motifs is 1. The van der Waals surface area contributed by atoms with E-state index in [1.807, 2.05) is 20.8 Å². The molecule has 0 bridgehead atoms. The van der Waals surface area contributed by atoms with E-state index >= 15 is 0 Å². The molecule has 1 amide bonds. The molecule has 1 fully saturated rings. The average molecular weight is 703 g/mol. The minimum Gasteiger partial charge on any atom is -0.465 e. The fourth-order valence-corrected chi connectivity index (χ4v) is 7.30. The molecule has 0 radical (unpaired) electrons. The molecule has 11 nitrogen and oxygen atoms in total. The summed E-state index contributed by atoms with van der Waals surface area (Å²) in [5.41, 5.74) is -0.227. The van der Waals surface area contributed by atoms with Crippen molar-refractivity contribution < 1.29 is 22.2 Å². The summed E-state index contributed by atoms with van der Waals surface area (Å²) < 4.78 is 37.7. The largest absolute Gasteiger partial charge is 0.465 e. The van der Waals surface area contributed by atoms with Gasteiger partial charge in [-0.25, -0.2) is 19.7 Å². The smallest absolute Gasteiger partial charge is 0.407 e. The van der Waals surface area contributed by atoms with Crippen molar-refractivity contribution in [2.24, 2.45) is 5.41 Å². The number of aromatic nitrogens is 4. The van der Waals surface area contributed by atoms with Gasteiger partial charge in [-0.15, -0.1) is 3.89 Å². The summed E-state index contributed by atoms with van der Waals surface area (Å²) in [7, 11) is -4.90. The molecular formula is C32H36ClFN6O5S2. The molecule has 2 aromatic heterocycles. The lowest BCUT2D eigenvalue weighted by Crippen LogP contribution is -2.52. The van der Waals surface area contributed by atoms with Crippen molar-refractivity contribution in [3.05, 3.63) is 75.6 Å². The van der Waals surface area contributed by atoms with Crippen molar-refractivity contribution in [2.75, 3.05) is 24.5 Å². The minimum absolute atomic E-state index is 0.0261. The van der Waals surface area contributed by atoms with Crippen LogP contribution in [-0.4, -0.2) is 69.2 Å². The molecular weight excluding hydrogens is 667 g/mol. The zero-order chi connectivity index (χ0) is 34.3. The second-order valence-electron chi connectivity index (χ2n) is 13.1. The molecule has 0 unspecified atom stereocenters. The highest BCUT2D eigenvalue weighted by Crippen LogP contribution is 2.37. The van der Waals surface area contributed by atoms with Crippen LogP contribution in [0.4, 0.5) is 14.5 Å². The minimum atomic E-state index is -4.90. The molecule has 0 aliphatic carbocycles. The molecule has 1 aliphatic heterocycles. The van der Waals surface area contributed by atoms with Crippen LogP contribution in [-0.2, 0) is 16.8 Å². The zero-order valence-electron chi connectivity index (χ0n) is 26.7. The van der Waals surface area contributed by atoms with Crippen molar-refractivity contribution in [3.63, 3.8) is 0 Å². The Kier molecular flexibility index (Phi) is 9.59. The second kappa shape index (κ2) is 13.0. The van der Waals surface area contributed by atoms with Crippen LogP contribution in [0.25, 0.3) is 10.9 Å². The van der Waals surface area contributed by atoms with Gasteiger partial charge in [0.05, 0.1) is 39.8 Å². The third-order valence-corrected chi connectivity index (χ3v) is 10.7. The summed E-state index contributed by atoms with van der Waals surface area (Å²) in [6.07, 6.45) is 4.05. The second-order valence-corrected chi connectivity index (χ2v) is 15.8. The van der Waals surface area contributed by atoms with E-state index in [9.17, 15) is 27.0 Å². The number of hydrogen-bond acceptors (Lipinski definition) is 9. The van der Waals surface area contributed by atoms with Crippen LogP contribution in [0.2, 0.25) is 5.02 Å². The van der Waals surface area contributed by atoms with Crippen LogP contribution < -0.4 is 10.5 Å². The fraction of sp³-hybridized carbons (Fsp3) is 0.406.